The normalized spacial score (nSPS) is 10.7. The Labute approximate surface area is 107 Å². The van der Waals surface area contributed by atoms with Crippen LogP contribution in [0.4, 0.5) is 0 Å². The van der Waals surface area contributed by atoms with Crippen molar-refractivity contribution in [1.29, 1.82) is 0 Å². The number of aromatic nitrogens is 4. The lowest BCUT2D eigenvalue weighted by Crippen LogP contribution is -2.27. The van der Waals surface area contributed by atoms with E-state index in [0.29, 0.717) is 16.6 Å². The van der Waals surface area contributed by atoms with Gasteiger partial charge < -0.3 is 4.98 Å². The third-order valence-electron chi connectivity index (χ3n) is 2.82. The predicted octanol–water partition coefficient (Wildman–Crippen LogP) is 1.00. The van der Waals surface area contributed by atoms with Gasteiger partial charge in [-0.05, 0) is 24.3 Å². The summed E-state index contributed by atoms with van der Waals surface area (Å²) in [5, 5.41) is 8.16. The van der Waals surface area contributed by atoms with Crippen LogP contribution in [0.5, 0.6) is 0 Å². The number of ketones is 1. The van der Waals surface area contributed by atoms with Gasteiger partial charge in [0.1, 0.15) is 12.1 Å². The fourth-order valence-corrected chi connectivity index (χ4v) is 1.85. The number of aromatic amines is 1. The summed E-state index contributed by atoms with van der Waals surface area (Å²) >= 11 is 0. The van der Waals surface area contributed by atoms with Crippen molar-refractivity contribution in [3.05, 3.63) is 58.6 Å². The van der Waals surface area contributed by atoms with E-state index in [2.05, 4.69) is 15.3 Å². The largest absolute Gasteiger partial charge is 0.359 e. The number of nitrogens with zero attached hydrogens (tertiary/aromatic N) is 3. The molecule has 0 saturated heterocycles. The zero-order valence-corrected chi connectivity index (χ0v) is 9.91. The minimum absolute atomic E-state index is 0.128. The van der Waals surface area contributed by atoms with Crippen molar-refractivity contribution in [2.75, 3.05) is 0 Å². The predicted molar refractivity (Wildman–Crippen MR) is 68.9 cm³/mol. The van der Waals surface area contributed by atoms with E-state index < -0.39 is 0 Å². The fraction of sp³-hybridized carbons (Fsp3) is 0.0769. The van der Waals surface area contributed by atoms with Crippen molar-refractivity contribution in [1.82, 2.24) is 20.0 Å². The topological polar surface area (TPSA) is 80.6 Å². The van der Waals surface area contributed by atoms with Gasteiger partial charge in [-0.15, -0.1) is 5.10 Å². The van der Waals surface area contributed by atoms with E-state index in [1.807, 2.05) is 0 Å². The molecule has 2 heterocycles. The molecule has 1 aromatic carbocycles. The summed E-state index contributed by atoms with van der Waals surface area (Å²) in [6.07, 6.45) is 1.65. The number of carbonyl (C=O) groups is 1. The van der Waals surface area contributed by atoms with Gasteiger partial charge in [0.05, 0.1) is 11.1 Å². The van der Waals surface area contributed by atoms with Gasteiger partial charge in [0.2, 0.25) is 5.78 Å². The molecule has 3 aromatic rings. The Balaban J connectivity index is 2.00. The molecular weight excluding hydrogens is 244 g/mol. The van der Waals surface area contributed by atoms with E-state index in [0.717, 1.165) is 4.68 Å². The summed E-state index contributed by atoms with van der Waals surface area (Å²) in [5.41, 5.74) is 0.656. The Hall–Kier alpha value is -2.76. The fourth-order valence-electron chi connectivity index (χ4n) is 1.85. The number of benzene rings is 1. The SMILES string of the molecule is O=C(Cn1nnc2ccccc2c1=O)c1ccc[nH]1. The summed E-state index contributed by atoms with van der Waals surface area (Å²) < 4.78 is 1.07. The maximum atomic E-state index is 12.1. The molecule has 0 unspecified atom stereocenters. The average Bonchev–Trinajstić information content (AvgIpc) is 2.96. The Kier molecular flexibility index (Phi) is 2.68. The maximum absolute atomic E-state index is 12.1. The van der Waals surface area contributed by atoms with Crippen LogP contribution in [0.3, 0.4) is 0 Å². The van der Waals surface area contributed by atoms with Crippen molar-refractivity contribution in [3.63, 3.8) is 0 Å². The molecule has 0 bridgehead atoms. The summed E-state index contributed by atoms with van der Waals surface area (Å²) in [5.74, 6) is -0.211. The lowest BCUT2D eigenvalue weighted by atomic mass is 10.2. The Morgan fingerprint density at radius 3 is 2.84 bits per heavy atom. The number of fused-ring (bicyclic) bond motifs is 1. The molecule has 0 aliphatic rings. The third-order valence-corrected chi connectivity index (χ3v) is 2.82. The second-order valence-electron chi connectivity index (χ2n) is 4.08. The second-order valence-corrected chi connectivity index (χ2v) is 4.08. The molecule has 6 heteroatoms. The molecule has 2 aromatic heterocycles. The number of nitrogens with one attached hydrogen (secondary N) is 1. The quantitative estimate of drug-likeness (QED) is 0.707. The molecular formula is C13H10N4O2. The molecule has 0 amide bonds. The lowest BCUT2D eigenvalue weighted by Gasteiger charge is -2.03. The first kappa shape index (κ1) is 11.3. The number of carbonyl (C=O) groups excluding carboxylic acids is 1. The molecule has 0 aliphatic carbocycles. The Morgan fingerprint density at radius 2 is 2.05 bits per heavy atom. The average molecular weight is 254 g/mol. The van der Waals surface area contributed by atoms with E-state index in [9.17, 15) is 9.59 Å². The van der Waals surface area contributed by atoms with Gasteiger partial charge in [0.15, 0.2) is 0 Å². The van der Waals surface area contributed by atoms with Crippen LogP contribution in [0.1, 0.15) is 10.5 Å². The molecule has 19 heavy (non-hydrogen) atoms. The first-order valence-corrected chi connectivity index (χ1v) is 5.75. The van der Waals surface area contributed by atoms with Gasteiger partial charge >= 0.3 is 0 Å². The van der Waals surface area contributed by atoms with Crippen molar-refractivity contribution in [3.8, 4) is 0 Å². The first-order chi connectivity index (χ1) is 9.25. The van der Waals surface area contributed by atoms with E-state index in [1.54, 1.807) is 42.6 Å². The monoisotopic (exact) mass is 254 g/mol. The van der Waals surface area contributed by atoms with Gasteiger partial charge in [-0.3, -0.25) is 9.59 Å². The number of rotatable bonds is 3. The molecule has 94 valence electrons. The van der Waals surface area contributed by atoms with Gasteiger partial charge in [-0.2, -0.15) is 0 Å². The van der Waals surface area contributed by atoms with Crippen LogP contribution in [-0.4, -0.2) is 25.8 Å². The van der Waals surface area contributed by atoms with Gasteiger partial charge in [-0.25, -0.2) is 4.68 Å². The van der Waals surface area contributed by atoms with Crippen molar-refractivity contribution >= 4 is 16.7 Å². The highest BCUT2D eigenvalue weighted by Crippen LogP contribution is 2.04. The summed E-state index contributed by atoms with van der Waals surface area (Å²) in [6, 6.07) is 10.3. The third kappa shape index (κ3) is 2.03. The maximum Gasteiger partial charge on any atom is 0.278 e. The molecule has 0 aliphatic heterocycles. The van der Waals surface area contributed by atoms with E-state index >= 15 is 0 Å². The highest BCUT2D eigenvalue weighted by Gasteiger charge is 2.11. The highest BCUT2D eigenvalue weighted by atomic mass is 16.1. The van der Waals surface area contributed by atoms with Crippen molar-refractivity contribution < 1.29 is 4.79 Å². The number of H-pyrrole nitrogens is 1. The summed E-state index contributed by atoms with van der Waals surface area (Å²) in [6.45, 7) is -0.128. The second kappa shape index (κ2) is 4.49. The van der Waals surface area contributed by atoms with Gasteiger partial charge in [-0.1, -0.05) is 17.3 Å². The van der Waals surface area contributed by atoms with E-state index in [-0.39, 0.29) is 17.9 Å². The number of hydrogen-bond acceptors (Lipinski definition) is 4. The molecule has 0 spiro atoms. The van der Waals surface area contributed by atoms with Crippen LogP contribution >= 0.6 is 0 Å². The smallest absolute Gasteiger partial charge is 0.278 e. The molecule has 0 fully saturated rings. The van der Waals surface area contributed by atoms with Crippen LogP contribution in [0.15, 0.2) is 47.4 Å². The molecule has 1 N–H and O–H groups in total. The number of Topliss-reactive ketones (excluding diaryl/α,β-unsaturated/α-hetero) is 1. The standard InChI is InChI=1S/C13H10N4O2/c18-12(11-6-3-7-14-11)8-17-13(19)9-4-1-2-5-10(9)15-16-17/h1-7,14H,8H2. The van der Waals surface area contributed by atoms with Crippen LogP contribution in [-0.2, 0) is 6.54 Å². The minimum atomic E-state index is -0.314. The first-order valence-electron chi connectivity index (χ1n) is 5.75. The van der Waals surface area contributed by atoms with Crippen molar-refractivity contribution in [2.45, 2.75) is 6.54 Å². The minimum Gasteiger partial charge on any atom is -0.359 e. The van der Waals surface area contributed by atoms with Crippen molar-refractivity contribution in [2.24, 2.45) is 0 Å². The van der Waals surface area contributed by atoms with Crippen LogP contribution in [0.2, 0.25) is 0 Å². The van der Waals surface area contributed by atoms with E-state index in [1.165, 1.54) is 0 Å². The number of hydrogen-bond donors (Lipinski definition) is 1. The lowest BCUT2D eigenvalue weighted by molar-refractivity contribution is 0.0960. The zero-order valence-electron chi connectivity index (χ0n) is 9.91. The molecule has 6 nitrogen and oxygen atoms in total. The summed E-state index contributed by atoms with van der Waals surface area (Å²) in [4.78, 5) is 26.8. The molecule has 3 rings (SSSR count). The Morgan fingerprint density at radius 1 is 1.21 bits per heavy atom. The van der Waals surface area contributed by atoms with Crippen LogP contribution in [0, 0.1) is 0 Å². The Bertz CT molecular complexity index is 790. The van der Waals surface area contributed by atoms with Crippen LogP contribution < -0.4 is 5.56 Å². The van der Waals surface area contributed by atoms with Gasteiger partial charge in [0.25, 0.3) is 5.56 Å². The highest BCUT2D eigenvalue weighted by molar-refractivity contribution is 5.94. The summed E-state index contributed by atoms with van der Waals surface area (Å²) in [7, 11) is 0. The van der Waals surface area contributed by atoms with Crippen LogP contribution in [0.25, 0.3) is 10.9 Å². The molecule has 0 radical (unpaired) electrons. The van der Waals surface area contributed by atoms with E-state index in [4.69, 9.17) is 0 Å². The molecule has 0 saturated carbocycles. The van der Waals surface area contributed by atoms with Gasteiger partial charge in [0, 0.05) is 6.20 Å². The zero-order chi connectivity index (χ0) is 13.2. The molecule has 0 atom stereocenters.